The number of terminal acetylenes is 1. The second-order valence-electron chi connectivity index (χ2n) is 18.2. The number of nitrogens with zero attached hydrogens (tertiary/aromatic N) is 4. The molecule has 1 aliphatic carbocycles. The molecule has 10 rings (SSSR count). The third-order valence-corrected chi connectivity index (χ3v) is 12.5. The lowest BCUT2D eigenvalue weighted by Gasteiger charge is -2.36. The van der Waals surface area contributed by atoms with Crippen LogP contribution in [0.25, 0.3) is 32.9 Å². The van der Waals surface area contributed by atoms with Gasteiger partial charge in [0.25, 0.3) is 0 Å². The third kappa shape index (κ3) is 8.08. The first-order chi connectivity index (χ1) is 31.6. The van der Waals surface area contributed by atoms with Gasteiger partial charge >= 0.3 is 6.01 Å². The highest BCUT2D eigenvalue weighted by atomic mass is 19.1. The van der Waals surface area contributed by atoms with Crippen molar-refractivity contribution in [2.45, 2.75) is 70.6 Å². The molecule has 0 amide bonds. The van der Waals surface area contributed by atoms with Crippen molar-refractivity contribution >= 4 is 21.8 Å². The van der Waals surface area contributed by atoms with Gasteiger partial charge in [0.15, 0.2) is 5.75 Å². The lowest BCUT2D eigenvalue weighted by atomic mass is 9.77. The highest BCUT2D eigenvalue weighted by Gasteiger charge is 2.41. The van der Waals surface area contributed by atoms with Crippen molar-refractivity contribution in [3.8, 4) is 41.1 Å². The number of hydrogen-bond donors (Lipinski definition) is 0. The van der Waals surface area contributed by atoms with Gasteiger partial charge in [0, 0.05) is 46.9 Å². The minimum absolute atomic E-state index is 0.171. The molecular formula is C56H51FN4O4. The Kier molecular flexibility index (Phi) is 11.1. The van der Waals surface area contributed by atoms with Crippen molar-refractivity contribution in [1.82, 2.24) is 19.7 Å². The lowest BCUT2D eigenvalue weighted by molar-refractivity contribution is 0.123. The molecule has 326 valence electrons. The monoisotopic (exact) mass is 862 g/mol. The topological polar surface area (TPSA) is 80.5 Å². The molecule has 0 spiro atoms. The molecular weight excluding hydrogens is 812 g/mol. The molecule has 3 heterocycles. The molecule has 0 N–H and O–H groups in total. The van der Waals surface area contributed by atoms with E-state index in [2.05, 4.69) is 54.6 Å². The fourth-order valence-corrected chi connectivity index (χ4v) is 9.18. The normalized spacial score (nSPS) is 15.3. The SMILES string of the molecule is C#Cc1ccc(COc2c(-c3c(C)c(F)cc4nn(C(c5ccccc5)(c5ccccc5)c5ccccc5)cc34)c(C3CC3)cc3c(OC(C)(C)C)nc(OC[C@@H]4CCOC4)nc23)cc1. The third-order valence-electron chi connectivity index (χ3n) is 12.5. The Morgan fingerprint density at radius 3 is 2.00 bits per heavy atom. The van der Waals surface area contributed by atoms with Gasteiger partial charge in [-0.3, -0.25) is 4.68 Å². The number of aromatic nitrogens is 4. The number of halogens is 1. The van der Waals surface area contributed by atoms with E-state index in [0.29, 0.717) is 59.0 Å². The van der Waals surface area contributed by atoms with Crippen LogP contribution in [0.5, 0.6) is 17.6 Å². The van der Waals surface area contributed by atoms with Gasteiger partial charge in [0.1, 0.15) is 29.1 Å². The molecule has 2 aliphatic rings. The van der Waals surface area contributed by atoms with Gasteiger partial charge in [-0.25, -0.2) is 4.39 Å². The molecule has 1 saturated carbocycles. The molecule has 0 radical (unpaired) electrons. The summed E-state index contributed by atoms with van der Waals surface area (Å²) in [5.41, 5.74) is 7.14. The van der Waals surface area contributed by atoms with Crippen LogP contribution in [-0.2, 0) is 16.9 Å². The predicted molar refractivity (Wildman–Crippen MR) is 253 cm³/mol. The molecule has 8 nitrogen and oxygen atoms in total. The fourth-order valence-electron chi connectivity index (χ4n) is 9.18. The molecule has 1 atom stereocenters. The summed E-state index contributed by atoms with van der Waals surface area (Å²) >= 11 is 0. The van der Waals surface area contributed by atoms with E-state index in [4.69, 9.17) is 40.4 Å². The van der Waals surface area contributed by atoms with E-state index in [9.17, 15) is 0 Å². The summed E-state index contributed by atoms with van der Waals surface area (Å²) in [5.74, 6) is 3.61. The van der Waals surface area contributed by atoms with Gasteiger partial charge in [0.05, 0.1) is 24.1 Å². The average molecular weight is 863 g/mol. The van der Waals surface area contributed by atoms with Crippen LogP contribution in [0, 0.1) is 31.0 Å². The van der Waals surface area contributed by atoms with Gasteiger partial charge in [-0.1, -0.05) is 109 Å². The molecule has 1 saturated heterocycles. The zero-order valence-corrected chi connectivity index (χ0v) is 37.2. The maximum atomic E-state index is 17.0. The smallest absolute Gasteiger partial charge is 0.320 e. The molecule has 0 unspecified atom stereocenters. The Morgan fingerprint density at radius 1 is 0.785 bits per heavy atom. The second-order valence-corrected chi connectivity index (χ2v) is 18.2. The van der Waals surface area contributed by atoms with Crippen molar-refractivity contribution in [3.63, 3.8) is 0 Å². The zero-order valence-electron chi connectivity index (χ0n) is 37.2. The maximum absolute atomic E-state index is 17.0. The van der Waals surface area contributed by atoms with Crippen LogP contribution in [0.3, 0.4) is 0 Å². The molecule has 65 heavy (non-hydrogen) atoms. The van der Waals surface area contributed by atoms with Crippen LogP contribution in [0.15, 0.2) is 134 Å². The van der Waals surface area contributed by atoms with E-state index in [1.54, 1.807) is 6.07 Å². The summed E-state index contributed by atoms with van der Waals surface area (Å²) in [6.45, 7) is 9.71. The summed E-state index contributed by atoms with van der Waals surface area (Å²) in [7, 11) is 0. The minimum Gasteiger partial charge on any atom is -0.486 e. The molecule has 6 aromatic carbocycles. The molecule has 1 aliphatic heterocycles. The van der Waals surface area contributed by atoms with Crippen molar-refractivity contribution in [3.05, 3.63) is 178 Å². The molecule has 2 fully saturated rings. The van der Waals surface area contributed by atoms with E-state index in [1.165, 1.54) is 0 Å². The summed E-state index contributed by atoms with van der Waals surface area (Å²) < 4.78 is 44.8. The van der Waals surface area contributed by atoms with Gasteiger partial charge < -0.3 is 18.9 Å². The quantitative estimate of drug-likeness (QED) is 0.0843. The number of fused-ring (bicyclic) bond motifs is 2. The van der Waals surface area contributed by atoms with E-state index < -0.39 is 11.1 Å². The number of benzene rings is 6. The largest absolute Gasteiger partial charge is 0.486 e. The zero-order chi connectivity index (χ0) is 44.7. The van der Waals surface area contributed by atoms with Crippen molar-refractivity contribution in [2.75, 3.05) is 19.8 Å². The number of hydrogen-bond acceptors (Lipinski definition) is 7. The summed E-state index contributed by atoms with van der Waals surface area (Å²) in [6.07, 6.45) is 10.6. The van der Waals surface area contributed by atoms with Crippen LogP contribution >= 0.6 is 0 Å². The lowest BCUT2D eigenvalue weighted by Crippen LogP contribution is -2.38. The van der Waals surface area contributed by atoms with Gasteiger partial charge in [0.2, 0.25) is 5.88 Å². The Bertz CT molecular complexity index is 2940. The first-order valence-electron chi connectivity index (χ1n) is 22.4. The van der Waals surface area contributed by atoms with E-state index in [1.807, 2.05) is 111 Å². The van der Waals surface area contributed by atoms with Crippen LogP contribution < -0.4 is 14.2 Å². The van der Waals surface area contributed by atoms with Gasteiger partial charge in [-0.2, -0.15) is 15.1 Å². The van der Waals surface area contributed by atoms with Gasteiger partial charge in [-0.15, -0.1) is 6.42 Å². The van der Waals surface area contributed by atoms with Crippen LogP contribution in [0.1, 0.15) is 84.9 Å². The van der Waals surface area contributed by atoms with Crippen molar-refractivity contribution in [2.24, 2.45) is 5.92 Å². The van der Waals surface area contributed by atoms with E-state index in [0.717, 1.165) is 63.6 Å². The Balaban J connectivity index is 1.27. The molecule has 9 heteroatoms. The second kappa shape index (κ2) is 17.2. The van der Waals surface area contributed by atoms with E-state index >= 15 is 4.39 Å². The Labute approximate surface area is 379 Å². The Morgan fingerprint density at radius 2 is 1.43 bits per heavy atom. The summed E-state index contributed by atoms with van der Waals surface area (Å²) in [5, 5.41) is 6.84. The van der Waals surface area contributed by atoms with Crippen molar-refractivity contribution < 1.29 is 23.3 Å². The highest BCUT2D eigenvalue weighted by Crippen LogP contribution is 2.54. The molecule has 2 aromatic heterocycles. The fraction of sp³-hybridized carbons (Fsp3) is 0.268. The first-order valence-corrected chi connectivity index (χ1v) is 22.4. The van der Waals surface area contributed by atoms with Crippen LogP contribution in [0.4, 0.5) is 4.39 Å². The van der Waals surface area contributed by atoms with Gasteiger partial charge in [-0.05, 0) is 104 Å². The average Bonchev–Trinajstić information content (AvgIpc) is 3.87. The van der Waals surface area contributed by atoms with E-state index in [-0.39, 0.29) is 30.3 Å². The standard InChI is InChI=1S/C56H51FN4O4/c1-6-37-22-24-38(25-23-37)34-63-52-50(44(40-26-27-40)30-45-51(52)58-54(59-53(45)65-55(3,4)5)64-35-39-28-29-62-33-39)49-36(2)47(57)31-48-46(49)32-61(60-48)56(41-16-10-7-11-17-41,42-18-12-8-13-19-42)43-20-14-9-15-21-43/h1,7-25,30-32,39-40H,26-29,33-35H2,2-5H3/t39-/m1/s1. The highest BCUT2D eigenvalue weighted by molar-refractivity contribution is 6.05. The van der Waals surface area contributed by atoms with Crippen LogP contribution in [-0.4, -0.2) is 45.2 Å². The molecule has 0 bridgehead atoms. The van der Waals surface area contributed by atoms with Crippen molar-refractivity contribution in [1.29, 1.82) is 0 Å². The number of ether oxygens (including phenoxy) is 4. The maximum Gasteiger partial charge on any atom is 0.320 e. The Hall–Kier alpha value is -7.02. The summed E-state index contributed by atoms with van der Waals surface area (Å²) in [6, 6.07) is 42.7. The van der Waals surface area contributed by atoms with Crippen LogP contribution in [0.2, 0.25) is 0 Å². The first kappa shape index (κ1) is 42.0. The minimum atomic E-state index is -0.931. The number of rotatable bonds is 13. The predicted octanol–water partition coefficient (Wildman–Crippen LogP) is 12.0. The molecule has 8 aromatic rings. The summed E-state index contributed by atoms with van der Waals surface area (Å²) in [4.78, 5) is 10.1.